The van der Waals surface area contributed by atoms with Gasteiger partial charge in [-0.15, -0.1) is 0 Å². The quantitative estimate of drug-likeness (QED) is 0.759. The van der Waals surface area contributed by atoms with E-state index in [2.05, 4.69) is 0 Å². The highest BCUT2D eigenvalue weighted by Crippen LogP contribution is 2.08. The van der Waals surface area contributed by atoms with Crippen molar-refractivity contribution in [1.82, 2.24) is 0 Å². The normalized spacial score (nSPS) is 14.4. The molecule has 4 nitrogen and oxygen atoms in total. The summed E-state index contributed by atoms with van der Waals surface area (Å²) in [6.45, 7) is -0.315. The minimum atomic E-state index is -1.69. The number of carboxylic acid groups (broad SMARTS) is 1. The van der Waals surface area contributed by atoms with Crippen molar-refractivity contribution in [3.8, 4) is 0 Å². The van der Waals surface area contributed by atoms with Crippen molar-refractivity contribution in [2.24, 2.45) is 5.73 Å². The lowest BCUT2D eigenvalue weighted by Gasteiger charge is -2.16. The smallest absolute Gasteiger partial charge is 0.335 e. The first-order valence-electron chi connectivity index (χ1n) is 4.87. The molecule has 0 aromatic heterocycles. The fraction of sp³-hybridized carbons (Fsp3) is 0.364. The van der Waals surface area contributed by atoms with Crippen molar-refractivity contribution in [2.75, 3.05) is 6.54 Å². The number of nitrogens with two attached hydrogens (primary N) is 1. The summed E-state index contributed by atoms with van der Waals surface area (Å²) in [5, 5.41) is 8.73. The third-order valence-corrected chi connectivity index (χ3v) is 2.07. The average Bonchev–Trinajstić information content (AvgIpc) is 2.30. The van der Waals surface area contributed by atoms with Crippen LogP contribution in [-0.2, 0) is 16.1 Å². The molecule has 5 heteroatoms. The molecular weight excluding hydrogens is 213 g/mol. The Bertz CT molecular complexity index is 331. The van der Waals surface area contributed by atoms with Crippen LogP contribution in [0.25, 0.3) is 0 Å². The summed E-state index contributed by atoms with van der Waals surface area (Å²) in [6, 6.07) is 8.97. The zero-order chi connectivity index (χ0) is 12.0. The molecule has 0 spiro atoms. The lowest BCUT2D eigenvalue weighted by molar-refractivity contribution is -0.155. The van der Waals surface area contributed by atoms with E-state index in [1.54, 1.807) is 24.3 Å². The molecule has 1 aromatic rings. The van der Waals surface area contributed by atoms with Crippen LogP contribution in [0.3, 0.4) is 0 Å². The van der Waals surface area contributed by atoms with Crippen molar-refractivity contribution in [2.45, 2.75) is 18.9 Å². The first-order chi connectivity index (χ1) is 7.65. The minimum absolute atomic E-state index is 0.0538. The molecule has 1 aromatic carbocycles. The Hall–Kier alpha value is -1.46. The minimum Gasteiger partial charge on any atom is -0.479 e. The number of hydrogen-bond acceptors (Lipinski definition) is 3. The number of alkyl halides is 1. The van der Waals surface area contributed by atoms with E-state index in [9.17, 15) is 9.18 Å². The molecule has 0 heterocycles. The van der Waals surface area contributed by atoms with Gasteiger partial charge in [0.15, 0.2) is 6.10 Å². The Morgan fingerprint density at radius 2 is 2.06 bits per heavy atom. The summed E-state index contributed by atoms with van der Waals surface area (Å²) in [5.74, 6) is -1.34. The molecule has 0 bridgehead atoms. The average molecular weight is 227 g/mol. The number of hydrogen-bond donors (Lipinski definition) is 2. The molecule has 3 N–H and O–H groups in total. The van der Waals surface area contributed by atoms with Crippen molar-refractivity contribution in [1.29, 1.82) is 0 Å². The zero-order valence-corrected chi connectivity index (χ0v) is 8.67. The fourth-order valence-electron chi connectivity index (χ4n) is 1.21. The van der Waals surface area contributed by atoms with Gasteiger partial charge in [-0.3, -0.25) is 0 Å². The van der Waals surface area contributed by atoms with E-state index < -0.39 is 18.2 Å². The maximum atomic E-state index is 13.1. The van der Waals surface area contributed by atoms with Crippen molar-refractivity contribution < 1.29 is 19.0 Å². The Kier molecular flexibility index (Phi) is 4.88. The van der Waals surface area contributed by atoms with Gasteiger partial charge in [0.2, 0.25) is 0 Å². The van der Waals surface area contributed by atoms with Gasteiger partial charge in [0.1, 0.15) is 6.17 Å². The molecule has 16 heavy (non-hydrogen) atoms. The van der Waals surface area contributed by atoms with E-state index in [4.69, 9.17) is 15.6 Å². The Morgan fingerprint density at radius 1 is 1.44 bits per heavy atom. The summed E-state index contributed by atoms with van der Waals surface area (Å²) < 4.78 is 18.1. The number of ether oxygens (including phenoxy) is 1. The maximum Gasteiger partial charge on any atom is 0.335 e. The third-order valence-electron chi connectivity index (χ3n) is 2.07. The number of aliphatic carboxylic acids is 1. The number of carboxylic acids is 1. The number of rotatable bonds is 6. The second-order valence-electron chi connectivity index (χ2n) is 3.31. The van der Waals surface area contributed by atoms with Gasteiger partial charge in [-0.25, -0.2) is 9.18 Å². The van der Waals surface area contributed by atoms with Crippen LogP contribution in [0.15, 0.2) is 30.3 Å². The molecule has 0 radical (unpaired) electrons. The highest BCUT2D eigenvalue weighted by atomic mass is 19.1. The summed E-state index contributed by atoms with van der Waals surface area (Å²) in [6.07, 6.45) is -3.20. The molecule has 0 fully saturated rings. The predicted molar refractivity (Wildman–Crippen MR) is 56.6 cm³/mol. The van der Waals surface area contributed by atoms with E-state index in [0.29, 0.717) is 0 Å². The van der Waals surface area contributed by atoms with Crippen LogP contribution in [-0.4, -0.2) is 29.9 Å². The van der Waals surface area contributed by atoms with Crippen molar-refractivity contribution >= 4 is 5.97 Å². The molecule has 0 amide bonds. The van der Waals surface area contributed by atoms with Gasteiger partial charge in [-0.05, 0) is 5.56 Å². The van der Waals surface area contributed by atoms with Crippen LogP contribution in [0.2, 0.25) is 0 Å². The molecule has 0 saturated carbocycles. The van der Waals surface area contributed by atoms with Crippen molar-refractivity contribution in [3.05, 3.63) is 35.9 Å². The van der Waals surface area contributed by atoms with Gasteiger partial charge in [-0.1, -0.05) is 30.3 Å². The fourth-order valence-corrected chi connectivity index (χ4v) is 1.21. The van der Waals surface area contributed by atoms with Crippen LogP contribution in [0.1, 0.15) is 5.56 Å². The molecular formula is C11H14FNO3. The van der Waals surface area contributed by atoms with E-state index in [-0.39, 0.29) is 13.2 Å². The van der Waals surface area contributed by atoms with Crippen LogP contribution >= 0.6 is 0 Å². The second kappa shape index (κ2) is 6.19. The van der Waals surface area contributed by atoms with Crippen LogP contribution < -0.4 is 5.73 Å². The highest BCUT2D eigenvalue weighted by molar-refractivity contribution is 5.73. The molecule has 2 unspecified atom stereocenters. The van der Waals surface area contributed by atoms with E-state index in [0.717, 1.165) is 5.56 Å². The van der Waals surface area contributed by atoms with Gasteiger partial charge in [0.25, 0.3) is 0 Å². The molecule has 1 rings (SSSR count). The Balaban J connectivity index is 2.54. The third kappa shape index (κ3) is 3.60. The van der Waals surface area contributed by atoms with Crippen LogP contribution in [0, 0.1) is 0 Å². The summed E-state index contributed by atoms with van der Waals surface area (Å²) >= 11 is 0. The summed E-state index contributed by atoms with van der Waals surface area (Å²) in [5.41, 5.74) is 5.85. The number of carbonyl (C=O) groups is 1. The molecule has 0 aliphatic rings. The second-order valence-corrected chi connectivity index (χ2v) is 3.31. The van der Waals surface area contributed by atoms with E-state index >= 15 is 0 Å². The SMILES string of the molecule is NCC(F)C(OCc1ccccc1)C(=O)O. The molecule has 88 valence electrons. The van der Waals surface area contributed by atoms with E-state index in [1.165, 1.54) is 0 Å². The monoisotopic (exact) mass is 227 g/mol. The molecule has 0 saturated heterocycles. The lowest BCUT2D eigenvalue weighted by atomic mass is 10.2. The van der Waals surface area contributed by atoms with Gasteiger partial charge in [-0.2, -0.15) is 0 Å². The predicted octanol–water partition coefficient (Wildman–Crippen LogP) is 0.953. The molecule has 0 aliphatic carbocycles. The first kappa shape index (κ1) is 12.6. The van der Waals surface area contributed by atoms with Gasteiger partial charge in [0, 0.05) is 6.54 Å². The van der Waals surface area contributed by atoms with Crippen LogP contribution in [0.4, 0.5) is 4.39 Å². The van der Waals surface area contributed by atoms with E-state index in [1.807, 2.05) is 6.07 Å². The molecule has 2 atom stereocenters. The van der Waals surface area contributed by atoms with Gasteiger partial charge >= 0.3 is 5.97 Å². The van der Waals surface area contributed by atoms with Gasteiger partial charge in [0.05, 0.1) is 6.61 Å². The number of benzene rings is 1. The highest BCUT2D eigenvalue weighted by Gasteiger charge is 2.27. The summed E-state index contributed by atoms with van der Waals surface area (Å²) in [4.78, 5) is 10.7. The standard InChI is InChI=1S/C11H14FNO3/c12-9(6-13)10(11(14)15)16-7-8-4-2-1-3-5-8/h1-5,9-10H,6-7,13H2,(H,14,15). The van der Waals surface area contributed by atoms with Crippen molar-refractivity contribution in [3.63, 3.8) is 0 Å². The summed E-state index contributed by atoms with van der Waals surface area (Å²) in [7, 11) is 0. The molecule has 0 aliphatic heterocycles. The van der Waals surface area contributed by atoms with Gasteiger partial charge < -0.3 is 15.6 Å². The lowest BCUT2D eigenvalue weighted by Crippen LogP contribution is -2.38. The maximum absolute atomic E-state index is 13.1. The Labute approximate surface area is 92.8 Å². The largest absolute Gasteiger partial charge is 0.479 e. The number of halogens is 1. The zero-order valence-electron chi connectivity index (χ0n) is 8.67. The topological polar surface area (TPSA) is 72.5 Å². The Morgan fingerprint density at radius 3 is 2.56 bits per heavy atom. The first-order valence-corrected chi connectivity index (χ1v) is 4.87. The van der Waals surface area contributed by atoms with Crippen LogP contribution in [0.5, 0.6) is 0 Å².